The van der Waals surface area contributed by atoms with Crippen molar-refractivity contribution in [1.82, 2.24) is 15.0 Å². The summed E-state index contributed by atoms with van der Waals surface area (Å²) in [6.07, 6.45) is 1.35. The topological polar surface area (TPSA) is 105 Å². The molecule has 2 heterocycles. The lowest BCUT2D eigenvalue weighted by molar-refractivity contribution is 0.0697. The molecule has 0 radical (unpaired) electrons. The Morgan fingerprint density at radius 1 is 1.38 bits per heavy atom. The van der Waals surface area contributed by atoms with Crippen molar-refractivity contribution in [2.75, 3.05) is 5.73 Å². The van der Waals surface area contributed by atoms with Crippen LogP contribution in [0, 0.1) is 6.92 Å². The summed E-state index contributed by atoms with van der Waals surface area (Å²) in [6.45, 7) is 2.01. The molecule has 0 aliphatic rings. The molecule has 6 nitrogen and oxygen atoms in total. The van der Waals surface area contributed by atoms with E-state index in [9.17, 15) is 4.79 Å². The number of rotatable bonds is 3. The number of carboxylic acids is 1. The Hall–Kier alpha value is -2.54. The van der Waals surface area contributed by atoms with Gasteiger partial charge in [-0.05, 0) is 42.4 Å². The van der Waals surface area contributed by atoms with Crippen molar-refractivity contribution in [3.05, 3.63) is 41.6 Å². The van der Waals surface area contributed by atoms with Crippen LogP contribution in [-0.2, 0) is 0 Å². The van der Waals surface area contributed by atoms with Gasteiger partial charge in [-0.3, -0.25) is 0 Å². The highest BCUT2D eigenvalue weighted by molar-refractivity contribution is 7.99. The number of H-pyrrole nitrogens is 1. The number of benzene rings is 1. The molecule has 3 aromatic rings. The van der Waals surface area contributed by atoms with Crippen LogP contribution < -0.4 is 5.73 Å². The monoisotopic (exact) mass is 300 g/mol. The SMILES string of the molecule is Cc1ccc2nc(Sc3cc(C(=O)O)c(N)cn3)[nH]c2c1. The molecule has 1 aromatic carbocycles. The summed E-state index contributed by atoms with van der Waals surface area (Å²) in [5, 5.41) is 10.2. The van der Waals surface area contributed by atoms with Crippen LogP contribution in [0.1, 0.15) is 15.9 Å². The minimum Gasteiger partial charge on any atom is -0.478 e. The third-order valence-electron chi connectivity index (χ3n) is 2.96. The Bertz CT molecular complexity index is 844. The van der Waals surface area contributed by atoms with Gasteiger partial charge in [0.25, 0.3) is 0 Å². The van der Waals surface area contributed by atoms with E-state index in [1.807, 2.05) is 25.1 Å². The van der Waals surface area contributed by atoms with Crippen molar-refractivity contribution < 1.29 is 9.90 Å². The first-order valence-corrected chi connectivity index (χ1v) is 6.97. The second-order valence-corrected chi connectivity index (χ2v) is 5.59. The van der Waals surface area contributed by atoms with E-state index in [-0.39, 0.29) is 11.3 Å². The van der Waals surface area contributed by atoms with Crippen LogP contribution in [-0.4, -0.2) is 26.0 Å². The van der Waals surface area contributed by atoms with Crippen molar-refractivity contribution in [2.45, 2.75) is 17.1 Å². The predicted octanol–water partition coefficient (Wildman–Crippen LogP) is 2.70. The predicted molar refractivity (Wildman–Crippen MR) is 80.6 cm³/mol. The van der Waals surface area contributed by atoms with E-state index in [1.54, 1.807) is 0 Å². The van der Waals surface area contributed by atoms with Gasteiger partial charge in [-0.25, -0.2) is 14.8 Å². The maximum Gasteiger partial charge on any atom is 0.337 e. The van der Waals surface area contributed by atoms with E-state index in [1.165, 1.54) is 24.0 Å². The Labute approximate surface area is 124 Å². The molecule has 0 aliphatic carbocycles. The van der Waals surface area contributed by atoms with Gasteiger partial charge in [-0.1, -0.05) is 6.07 Å². The summed E-state index contributed by atoms with van der Waals surface area (Å²) in [6, 6.07) is 7.37. The molecule has 106 valence electrons. The summed E-state index contributed by atoms with van der Waals surface area (Å²) in [7, 11) is 0. The first-order valence-electron chi connectivity index (χ1n) is 6.16. The quantitative estimate of drug-likeness (QED) is 0.687. The number of hydrogen-bond acceptors (Lipinski definition) is 5. The minimum absolute atomic E-state index is 0.0412. The summed E-state index contributed by atoms with van der Waals surface area (Å²) in [5.41, 5.74) is 8.71. The maximum absolute atomic E-state index is 11.1. The fraction of sp³-hybridized carbons (Fsp3) is 0.0714. The fourth-order valence-electron chi connectivity index (χ4n) is 1.94. The molecule has 0 amide bonds. The van der Waals surface area contributed by atoms with Crippen LogP contribution >= 0.6 is 11.8 Å². The van der Waals surface area contributed by atoms with Gasteiger partial charge >= 0.3 is 5.97 Å². The second kappa shape index (κ2) is 5.10. The van der Waals surface area contributed by atoms with Crippen LogP contribution in [0.15, 0.2) is 40.6 Å². The fourth-order valence-corrected chi connectivity index (χ4v) is 2.72. The van der Waals surface area contributed by atoms with Gasteiger partial charge in [0.2, 0.25) is 0 Å². The van der Waals surface area contributed by atoms with Crippen molar-refractivity contribution in [3.63, 3.8) is 0 Å². The number of imidazole rings is 1. The number of nitrogens with two attached hydrogens (primary N) is 1. The number of aromatic amines is 1. The van der Waals surface area contributed by atoms with Crippen molar-refractivity contribution in [3.8, 4) is 0 Å². The number of pyridine rings is 1. The number of fused-ring (bicyclic) bond motifs is 1. The number of carbonyl (C=O) groups is 1. The Kier molecular flexibility index (Phi) is 3.26. The molecule has 0 bridgehead atoms. The van der Waals surface area contributed by atoms with Gasteiger partial charge in [-0.15, -0.1) is 0 Å². The van der Waals surface area contributed by atoms with Gasteiger partial charge in [-0.2, -0.15) is 0 Å². The first kappa shape index (κ1) is 13.4. The van der Waals surface area contributed by atoms with E-state index in [0.717, 1.165) is 16.6 Å². The smallest absolute Gasteiger partial charge is 0.337 e. The number of anilines is 1. The largest absolute Gasteiger partial charge is 0.478 e. The molecule has 0 atom stereocenters. The van der Waals surface area contributed by atoms with Crippen LogP contribution in [0.3, 0.4) is 0 Å². The van der Waals surface area contributed by atoms with Gasteiger partial charge < -0.3 is 15.8 Å². The zero-order valence-corrected chi connectivity index (χ0v) is 11.9. The van der Waals surface area contributed by atoms with E-state index >= 15 is 0 Å². The molecule has 0 saturated heterocycles. The number of aromatic carboxylic acids is 1. The summed E-state index contributed by atoms with van der Waals surface area (Å²) in [4.78, 5) is 22.8. The summed E-state index contributed by atoms with van der Waals surface area (Å²) in [5.74, 6) is -1.07. The van der Waals surface area contributed by atoms with Crippen LogP contribution in [0.2, 0.25) is 0 Å². The van der Waals surface area contributed by atoms with Crippen molar-refractivity contribution in [2.24, 2.45) is 0 Å². The molecule has 0 aliphatic heterocycles. The third kappa shape index (κ3) is 2.68. The Morgan fingerprint density at radius 2 is 2.19 bits per heavy atom. The molecule has 4 N–H and O–H groups in total. The van der Waals surface area contributed by atoms with Crippen LogP contribution in [0.4, 0.5) is 5.69 Å². The number of hydrogen-bond donors (Lipinski definition) is 3. The molecule has 0 unspecified atom stereocenters. The van der Waals surface area contributed by atoms with Gasteiger partial charge in [0, 0.05) is 0 Å². The maximum atomic E-state index is 11.1. The highest BCUT2D eigenvalue weighted by Gasteiger charge is 2.12. The second-order valence-electron chi connectivity index (χ2n) is 4.58. The van der Waals surface area contributed by atoms with Crippen LogP contribution in [0.25, 0.3) is 11.0 Å². The lowest BCUT2D eigenvalue weighted by Crippen LogP contribution is -2.03. The highest BCUT2D eigenvalue weighted by atomic mass is 32.2. The zero-order valence-electron chi connectivity index (χ0n) is 11.1. The third-order valence-corrected chi connectivity index (χ3v) is 3.78. The number of aromatic nitrogens is 3. The minimum atomic E-state index is -1.07. The first-order chi connectivity index (χ1) is 10.0. The van der Waals surface area contributed by atoms with Crippen molar-refractivity contribution in [1.29, 1.82) is 0 Å². The molecule has 21 heavy (non-hydrogen) atoms. The van der Waals surface area contributed by atoms with Gasteiger partial charge in [0.1, 0.15) is 5.03 Å². The lowest BCUT2D eigenvalue weighted by atomic mass is 10.2. The number of aryl methyl sites for hydroxylation is 1. The Balaban J connectivity index is 1.94. The summed E-state index contributed by atoms with van der Waals surface area (Å²) >= 11 is 1.26. The number of nitrogen functional groups attached to an aromatic ring is 1. The number of carboxylic acid groups (broad SMARTS) is 1. The number of nitrogens with zero attached hydrogens (tertiary/aromatic N) is 2. The molecule has 0 saturated carbocycles. The van der Waals surface area contributed by atoms with Gasteiger partial charge in [0.05, 0.1) is 28.5 Å². The van der Waals surface area contributed by atoms with E-state index in [4.69, 9.17) is 10.8 Å². The molecule has 2 aromatic heterocycles. The normalized spacial score (nSPS) is 10.9. The molecule has 3 rings (SSSR count). The number of nitrogens with one attached hydrogen (secondary N) is 1. The average molecular weight is 300 g/mol. The molecule has 0 fully saturated rings. The summed E-state index contributed by atoms with van der Waals surface area (Å²) < 4.78 is 0. The average Bonchev–Trinajstić information content (AvgIpc) is 2.82. The van der Waals surface area contributed by atoms with E-state index in [0.29, 0.717) is 10.2 Å². The zero-order chi connectivity index (χ0) is 15.0. The standard InChI is InChI=1S/C14H12N4O2S/c1-7-2-3-10-11(4-7)18-14(17-10)21-12-5-8(13(19)20)9(15)6-16-12/h2-6H,15H2,1H3,(H,17,18)(H,19,20). The van der Waals surface area contributed by atoms with Crippen LogP contribution in [0.5, 0.6) is 0 Å². The lowest BCUT2D eigenvalue weighted by Gasteiger charge is -2.02. The molecule has 7 heteroatoms. The Morgan fingerprint density at radius 3 is 2.95 bits per heavy atom. The molecular formula is C14H12N4O2S. The van der Waals surface area contributed by atoms with E-state index < -0.39 is 5.97 Å². The van der Waals surface area contributed by atoms with Gasteiger partial charge in [0.15, 0.2) is 5.16 Å². The van der Waals surface area contributed by atoms with Crippen molar-refractivity contribution >= 4 is 34.5 Å². The highest BCUT2D eigenvalue weighted by Crippen LogP contribution is 2.27. The molecular weight excluding hydrogens is 288 g/mol. The molecule has 0 spiro atoms. The van der Waals surface area contributed by atoms with E-state index in [2.05, 4.69) is 15.0 Å².